The first kappa shape index (κ1) is 18.4. The van der Waals surface area contributed by atoms with Crippen molar-refractivity contribution in [1.82, 2.24) is 0 Å². The summed E-state index contributed by atoms with van der Waals surface area (Å²) in [4.78, 5) is 11.8. The number of hydrogen-bond acceptors (Lipinski definition) is 3. The Morgan fingerprint density at radius 1 is 1.00 bits per heavy atom. The molecule has 0 aliphatic carbocycles. The molecule has 0 unspecified atom stereocenters. The number of methoxy groups -OCH3 is 2. The molecule has 122 valence electrons. The Kier molecular flexibility index (Phi) is 7.54. The smallest absolute Gasteiger partial charge is 0.338 e. The van der Waals surface area contributed by atoms with Crippen LogP contribution in [0.4, 0.5) is 4.39 Å². The molecular weight excluding hydrogens is 295 g/mol. The zero-order valence-corrected chi connectivity index (χ0v) is 13.8. The number of carbonyl (C=O) groups excluding carboxylic acids is 1. The number of hydrogen-bond donors (Lipinski definition) is 0. The lowest BCUT2D eigenvalue weighted by Crippen LogP contribution is -2.04. The van der Waals surface area contributed by atoms with E-state index >= 15 is 0 Å². The summed E-state index contributed by atoms with van der Waals surface area (Å²) in [7, 11) is 2.86. The Hall–Kier alpha value is -2.62. The lowest BCUT2D eigenvalue weighted by Gasteiger charge is -2.07. The van der Waals surface area contributed by atoms with Crippen LogP contribution in [0, 0.1) is 5.82 Å². The molecule has 0 atom stereocenters. The first-order valence-electron chi connectivity index (χ1n) is 7.34. The summed E-state index contributed by atoms with van der Waals surface area (Å²) in [6, 6.07) is 11.2. The van der Waals surface area contributed by atoms with Gasteiger partial charge in [0.25, 0.3) is 0 Å². The van der Waals surface area contributed by atoms with Crippen LogP contribution in [0.25, 0.3) is 12.2 Å². The number of ether oxygens (including phenoxy) is 2. The topological polar surface area (TPSA) is 35.5 Å². The molecule has 0 fully saturated rings. The normalized spacial score (nSPS) is 9.96. The summed E-state index contributed by atoms with van der Waals surface area (Å²) in [5.41, 5.74) is 1.95. The van der Waals surface area contributed by atoms with E-state index in [1.54, 1.807) is 42.5 Å². The molecule has 23 heavy (non-hydrogen) atoms. The molecule has 0 saturated heterocycles. The van der Waals surface area contributed by atoms with E-state index in [0.29, 0.717) is 16.9 Å². The van der Waals surface area contributed by atoms with Gasteiger partial charge >= 0.3 is 5.97 Å². The van der Waals surface area contributed by atoms with Crippen molar-refractivity contribution in [3.8, 4) is 5.75 Å². The summed E-state index contributed by atoms with van der Waals surface area (Å²) >= 11 is 0. The Morgan fingerprint density at radius 2 is 1.65 bits per heavy atom. The van der Waals surface area contributed by atoms with Gasteiger partial charge < -0.3 is 9.47 Å². The zero-order valence-electron chi connectivity index (χ0n) is 13.8. The lowest BCUT2D eigenvalue weighted by molar-refractivity contribution is 0.0600. The van der Waals surface area contributed by atoms with Gasteiger partial charge in [-0.2, -0.15) is 0 Å². The van der Waals surface area contributed by atoms with Gasteiger partial charge in [-0.15, -0.1) is 0 Å². The summed E-state index contributed by atoms with van der Waals surface area (Å²) in [5, 5.41) is 0. The Balaban J connectivity index is 0.00000127. The van der Waals surface area contributed by atoms with E-state index in [4.69, 9.17) is 9.47 Å². The largest absolute Gasteiger partial charge is 0.497 e. The Labute approximate surface area is 136 Å². The fourth-order valence-electron chi connectivity index (χ4n) is 1.85. The fourth-order valence-corrected chi connectivity index (χ4v) is 1.85. The van der Waals surface area contributed by atoms with Crippen molar-refractivity contribution in [3.05, 3.63) is 65.0 Å². The van der Waals surface area contributed by atoms with Crippen LogP contribution in [-0.2, 0) is 4.74 Å². The van der Waals surface area contributed by atoms with Gasteiger partial charge in [0.15, 0.2) is 0 Å². The predicted molar refractivity (Wildman–Crippen MR) is 91.0 cm³/mol. The molecular formula is C19H21FO3. The summed E-state index contributed by atoms with van der Waals surface area (Å²) in [6.45, 7) is 4.00. The second-order valence-electron chi connectivity index (χ2n) is 4.33. The molecule has 0 aliphatic heterocycles. The van der Waals surface area contributed by atoms with Crippen molar-refractivity contribution in [1.29, 1.82) is 0 Å². The van der Waals surface area contributed by atoms with E-state index in [-0.39, 0.29) is 5.82 Å². The van der Waals surface area contributed by atoms with E-state index in [2.05, 4.69) is 0 Å². The highest BCUT2D eigenvalue weighted by molar-refractivity contribution is 5.95. The SMILES string of the molecule is CC.COC(=O)c1cc(OC)ccc1/C=C/c1ccc(F)cc1. The van der Waals surface area contributed by atoms with E-state index in [1.165, 1.54) is 26.4 Å². The first-order chi connectivity index (χ1) is 11.1. The number of rotatable bonds is 4. The van der Waals surface area contributed by atoms with Crippen LogP contribution in [0.15, 0.2) is 42.5 Å². The third-order valence-corrected chi connectivity index (χ3v) is 2.99. The van der Waals surface area contributed by atoms with Crippen LogP contribution in [0.1, 0.15) is 35.3 Å². The molecule has 0 bridgehead atoms. The average molecular weight is 316 g/mol. The Bertz CT molecular complexity index is 661. The van der Waals surface area contributed by atoms with Crippen molar-refractivity contribution < 1.29 is 18.7 Å². The van der Waals surface area contributed by atoms with Gasteiger partial charge in [0.2, 0.25) is 0 Å². The Morgan fingerprint density at radius 3 is 2.22 bits per heavy atom. The average Bonchev–Trinajstić information content (AvgIpc) is 2.62. The molecule has 0 spiro atoms. The third-order valence-electron chi connectivity index (χ3n) is 2.99. The van der Waals surface area contributed by atoms with Crippen LogP contribution in [0.3, 0.4) is 0 Å². The first-order valence-corrected chi connectivity index (χ1v) is 7.34. The van der Waals surface area contributed by atoms with Crippen LogP contribution < -0.4 is 4.74 Å². The molecule has 0 radical (unpaired) electrons. The monoisotopic (exact) mass is 316 g/mol. The summed E-state index contributed by atoms with van der Waals surface area (Å²) in [6.07, 6.45) is 3.58. The number of esters is 1. The number of benzene rings is 2. The van der Waals surface area contributed by atoms with E-state index in [9.17, 15) is 9.18 Å². The summed E-state index contributed by atoms with van der Waals surface area (Å²) < 4.78 is 22.7. The maximum Gasteiger partial charge on any atom is 0.338 e. The molecule has 0 aliphatic rings. The predicted octanol–water partition coefficient (Wildman–Crippen LogP) is 4.82. The van der Waals surface area contributed by atoms with Gasteiger partial charge in [-0.05, 0) is 35.4 Å². The zero-order chi connectivity index (χ0) is 17.2. The minimum atomic E-state index is -0.437. The van der Waals surface area contributed by atoms with Crippen molar-refractivity contribution in [2.75, 3.05) is 14.2 Å². The standard InChI is InChI=1S/C17H15FO3.C2H6/c1-20-15-10-7-13(16(11-15)17(19)21-2)6-3-12-4-8-14(18)9-5-12;1-2/h3-11H,1-2H3;1-2H3/b6-3+;. The van der Waals surface area contributed by atoms with E-state index in [1.807, 2.05) is 13.8 Å². The molecule has 0 N–H and O–H groups in total. The van der Waals surface area contributed by atoms with Crippen molar-refractivity contribution in [2.45, 2.75) is 13.8 Å². The van der Waals surface area contributed by atoms with Gasteiger partial charge in [0.05, 0.1) is 19.8 Å². The van der Waals surface area contributed by atoms with Gasteiger partial charge in [0.1, 0.15) is 11.6 Å². The van der Waals surface area contributed by atoms with Crippen molar-refractivity contribution in [3.63, 3.8) is 0 Å². The number of carbonyl (C=O) groups is 1. The summed E-state index contributed by atoms with van der Waals surface area (Å²) in [5.74, 6) is -0.145. The third kappa shape index (κ3) is 5.25. The van der Waals surface area contributed by atoms with E-state index in [0.717, 1.165) is 5.56 Å². The highest BCUT2D eigenvalue weighted by Gasteiger charge is 2.11. The molecule has 2 rings (SSSR count). The highest BCUT2D eigenvalue weighted by atomic mass is 19.1. The maximum atomic E-state index is 12.8. The minimum Gasteiger partial charge on any atom is -0.497 e. The molecule has 3 nitrogen and oxygen atoms in total. The lowest BCUT2D eigenvalue weighted by atomic mass is 10.1. The second-order valence-corrected chi connectivity index (χ2v) is 4.33. The van der Waals surface area contributed by atoms with E-state index < -0.39 is 5.97 Å². The van der Waals surface area contributed by atoms with Gasteiger partial charge in [0, 0.05) is 0 Å². The van der Waals surface area contributed by atoms with Gasteiger partial charge in [-0.1, -0.05) is 44.2 Å². The van der Waals surface area contributed by atoms with Crippen LogP contribution in [0.5, 0.6) is 5.75 Å². The van der Waals surface area contributed by atoms with Gasteiger partial charge in [-0.3, -0.25) is 0 Å². The maximum absolute atomic E-state index is 12.8. The molecule has 0 saturated carbocycles. The van der Waals surface area contributed by atoms with Crippen molar-refractivity contribution >= 4 is 18.1 Å². The quantitative estimate of drug-likeness (QED) is 0.599. The fraction of sp³-hybridized carbons (Fsp3) is 0.211. The molecule has 0 heterocycles. The molecule has 4 heteroatoms. The second kappa shape index (κ2) is 9.41. The molecule has 0 aromatic heterocycles. The number of halogens is 1. The van der Waals surface area contributed by atoms with Crippen LogP contribution in [-0.4, -0.2) is 20.2 Å². The van der Waals surface area contributed by atoms with Crippen LogP contribution in [0.2, 0.25) is 0 Å². The van der Waals surface area contributed by atoms with Crippen LogP contribution >= 0.6 is 0 Å². The molecule has 0 amide bonds. The van der Waals surface area contributed by atoms with Crippen molar-refractivity contribution in [2.24, 2.45) is 0 Å². The molecule has 2 aromatic carbocycles. The van der Waals surface area contributed by atoms with Gasteiger partial charge in [-0.25, -0.2) is 9.18 Å². The molecule has 2 aromatic rings. The minimum absolute atomic E-state index is 0.285. The highest BCUT2D eigenvalue weighted by Crippen LogP contribution is 2.21.